The predicted octanol–water partition coefficient (Wildman–Crippen LogP) is 2.72. The van der Waals surface area contributed by atoms with Crippen molar-refractivity contribution >= 4 is 0 Å². The van der Waals surface area contributed by atoms with Crippen molar-refractivity contribution in [2.24, 2.45) is 0 Å². The second-order valence-corrected chi connectivity index (χ2v) is 6.47. The molecule has 0 radical (unpaired) electrons. The van der Waals surface area contributed by atoms with Crippen LogP contribution in [0.5, 0.6) is 0 Å². The number of ether oxygens (including phenoxy) is 1. The molecule has 1 heterocycles. The molecule has 3 rings (SSSR count). The smallest absolute Gasteiger partial charge is 0.194 e. The van der Waals surface area contributed by atoms with Gasteiger partial charge in [-0.05, 0) is 18.1 Å². The number of β-amino-alcohol motifs (C(OH)–C–C–N with tert-alkyl or cyclic N) is 1. The van der Waals surface area contributed by atoms with Gasteiger partial charge in [-0.15, -0.1) is 0 Å². The van der Waals surface area contributed by atoms with Crippen LogP contribution >= 0.6 is 0 Å². The summed E-state index contributed by atoms with van der Waals surface area (Å²) < 4.78 is 5.68. The standard InChI is InChI=1S/C20H25NO3/c1-16(18-10-6-3-7-11-18)21-13-12-20(23,19(22)14-21)24-15-17-8-4-2-5-9-17/h2-11,16,19,22-23H,12-15H2,1H3/t16?,19-,20-/m1/s1. The van der Waals surface area contributed by atoms with E-state index in [-0.39, 0.29) is 6.04 Å². The fourth-order valence-electron chi connectivity index (χ4n) is 3.17. The first-order chi connectivity index (χ1) is 11.6. The second kappa shape index (κ2) is 7.45. The van der Waals surface area contributed by atoms with Crippen molar-refractivity contribution in [3.05, 3.63) is 71.8 Å². The van der Waals surface area contributed by atoms with E-state index >= 15 is 0 Å². The maximum absolute atomic E-state index is 10.7. The Kier molecular flexibility index (Phi) is 5.31. The Labute approximate surface area is 143 Å². The van der Waals surface area contributed by atoms with Gasteiger partial charge in [0.05, 0.1) is 6.61 Å². The minimum absolute atomic E-state index is 0.194. The third-order valence-corrected chi connectivity index (χ3v) is 4.85. The van der Waals surface area contributed by atoms with Gasteiger partial charge in [0.1, 0.15) is 6.10 Å². The monoisotopic (exact) mass is 327 g/mol. The number of aliphatic hydroxyl groups is 2. The van der Waals surface area contributed by atoms with Crippen LogP contribution in [0.1, 0.15) is 30.5 Å². The average Bonchev–Trinajstić information content (AvgIpc) is 2.63. The summed E-state index contributed by atoms with van der Waals surface area (Å²) in [6.07, 6.45) is -0.542. The van der Waals surface area contributed by atoms with Gasteiger partial charge in [0.2, 0.25) is 0 Å². The maximum atomic E-state index is 10.7. The molecule has 1 aliphatic rings. The molecule has 0 bridgehead atoms. The van der Waals surface area contributed by atoms with E-state index in [1.807, 2.05) is 48.5 Å². The van der Waals surface area contributed by atoms with Crippen LogP contribution in [0.3, 0.4) is 0 Å². The molecule has 2 N–H and O–H groups in total. The molecule has 0 aliphatic carbocycles. The second-order valence-electron chi connectivity index (χ2n) is 6.47. The number of hydrogen-bond donors (Lipinski definition) is 2. The first-order valence-electron chi connectivity index (χ1n) is 8.46. The first-order valence-corrected chi connectivity index (χ1v) is 8.46. The summed E-state index contributed by atoms with van der Waals surface area (Å²) in [6.45, 7) is 3.49. The largest absolute Gasteiger partial charge is 0.386 e. The van der Waals surface area contributed by atoms with Gasteiger partial charge in [-0.2, -0.15) is 0 Å². The van der Waals surface area contributed by atoms with E-state index in [1.165, 1.54) is 5.56 Å². The van der Waals surface area contributed by atoms with Crippen molar-refractivity contribution in [2.75, 3.05) is 13.1 Å². The minimum atomic E-state index is -1.48. The van der Waals surface area contributed by atoms with Gasteiger partial charge in [-0.1, -0.05) is 60.7 Å². The number of benzene rings is 2. The molecule has 1 saturated heterocycles. The third-order valence-electron chi connectivity index (χ3n) is 4.85. The van der Waals surface area contributed by atoms with Crippen molar-refractivity contribution < 1.29 is 14.9 Å². The van der Waals surface area contributed by atoms with Crippen LogP contribution in [-0.2, 0) is 11.3 Å². The molecule has 1 aliphatic heterocycles. The van der Waals surface area contributed by atoms with Crippen LogP contribution in [0.15, 0.2) is 60.7 Å². The van der Waals surface area contributed by atoms with Gasteiger partial charge in [-0.25, -0.2) is 0 Å². The van der Waals surface area contributed by atoms with E-state index < -0.39 is 11.9 Å². The molecule has 2 aromatic carbocycles. The summed E-state index contributed by atoms with van der Waals surface area (Å²) in [5.74, 6) is -1.48. The van der Waals surface area contributed by atoms with Gasteiger partial charge in [0, 0.05) is 25.6 Å². The van der Waals surface area contributed by atoms with Crippen LogP contribution in [0.2, 0.25) is 0 Å². The Morgan fingerprint density at radius 2 is 1.75 bits per heavy atom. The summed E-state index contributed by atoms with van der Waals surface area (Å²) >= 11 is 0. The Balaban J connectivity index is 1.60. The molecule has 4 nitrogen and oxygen atoms in total. The SMILES string of the molecule is CC(c1ccccc1)N1CC[C@@](O)(OCc2ccccc2)[C@H](O)C1. The van der Waals surface area contributed by atoms with E-state index in [2.05, 4.69) is 24.0 Å². The molecular formula is C20H25NO3. The number of nitrogens with zero attached hydrogens (tertiary/aromatic N) is 1. The number of aliphatic hydroxyl groups excluding tert-OH is 1. The molecule has 1 fully saturated rings. The molecule has 24 heavy (non-hydrogen) atoms. The predicted molar refractivity (Wildman–Crippen MR) is 93.2 cm³/mol. The molecule has 2 aromatic rings. The van der Waals surface area contributed by atoms with Crippen molar-refractivity contribution in [1.29, 1.82) is 0 Å². The van der Waals surface area contributed by atoms with E-state index in [1.54, 1.807) is 0 Å². The van der Waals surface area contributed by atoms with E-state index in [9.17, 15) is 10.2 Å². The topological polar surface area (TPSA) is 52.9 Å². The Morgan fingerprint density at radius 3 is 2.38 bits per heavy atom. The quantitative estimate of drug-likeness (QED) is 0.829. The van der Waals surface area contributed by atoms with Gasteiger partial charge >= 0.3 is 0 Å². The summed E-state index contributed by atoms with van der Waals surface area (Å²) in [6, 6.07) is 20.1. The van der Waals surface area contributed by atoms with Crippen LogP contribution in [-0.4, -0.2) is 40.1 Å². The van der Waals surface area contributed by atoms with E-state index in [4.69, 9.17) is 4.74 Å². The van der Waals surface area contributed by atoms with Crippen molar-refractivity contribution in [3.63, 3.8) is 0 Å². The Hall–Kier alpha value is -1.72. The molecule has 0 spiro atoms. The lowest BCUT2D eigenvalue weighted by atomic mass is 9.97. The van der Waals surface area contributed by atoms with Gasteiger partial charge in [0.15, 0.2) is 5.79 Å². The van der Waals surface area contributed by atoms with Crippen LogP contribution in [0.25, 0.3) is 0 Å². The number of piperidine rings is 1. The summed E-state index contributed by atoms with van der Waals surface area (Å²) in [5.41, 5.74) is 2.19. The van der Waals surface area contributed by atoms with Gasteiger partial charge in [-0.3, -0.25) is 4.90 Å². The zero-order valence-corrected chi connectivity index (χ0v) is 14.0. The molecule has 3 atom stereocenters. The highest BCUT2D eigenvalue weighted by atomic mass is 16.6. The fraction of sp³-hybridized carbons (Fsp3) is 0.400. The number of rotatable bonds is 5. The molecule has 0 aromatic heterocycles. The lowest BCUT2D eigenvalue weighted by Crippen LogP contribution is -2.57. The maximum Gasteiger partial charge on any atom is 0.194 e. The molecule has 0 saturated carbocycles. The lowest BCUT2D eigenvalue weighted by Gasteiger charge is -2.43. The molecular weight excluding hydrogens is 302 g/mol. The Bertz CT molecular complexity index is 634. The highest BCUT2D eigenvalue weighted by Gasteiger charge is 2.42. The summed E-state index contributed by atoms with van der Waals surface area (Å²) in [5, 5.41) is 21.1. The average molecular weight is 327 g/mol. The van der Waals surface area contributed by atoms with Crippen molar-refractivity contribution in [3.8, 4) is 0 Å². The minimum Gasteiger partial charge on any atom is -0.386 e. The van der Waals surface area contributed by atoms with Crippen LogP contribution in [0, 0.1) is 0 Å². The first kappa shape index (κ1) is 17.1. The van der Waals surface area contributed by atoms with Crippen molar-refractivity contribution in [2.45, 2.75) is 37.9 Å². The van der Waals surface area contributed by atoms with Crippen LogP contribution < -0.4 is 0 Å². The van der Waals surface area contributed by atoms with Crippen LogP contribution in [0.4, 0.5) is 0 Å². The molecule has 4 heteroatoms. The van der Waals surface area contributed by atoms with Gasteiger partial charge in [0.25, 0.3) is 0 Å². The zero-order valence-electron chi connectivity index (χ0n) is 14.0. The number of hydrogen-bond acceptors (Lipinski definition) is 4. The molecule has 128 valence electrons. The molecule has 1 unspecified atom stereocenters. The van der Waals surface area contributed by atoms with Crippen molar-refractivity contribution in [1.82, 2.24) is 4.90 Å². The highest BCUT2D eigenvalue weighted by Crippen LogP contribution is 2.30. The molecule has 0 amide bonds. The van der Waals surface area contributed by atoms with E-state index in [0.29, 0.717) is 26.1 Å². The summed E-state index contributed by atoms with van der Waals surface area (Å²) in [7, 11) is 0. The summed E-state index contributed by atoms with van der Waals surface area (Å²) in [4.78, 5) is 2.18. The normalized spacial score (nSPS) is 26.2. The lowest BCUT2D eigenvalue weighted by molar-refractivity contribution is -0.283. The third kappa shape index (κ3) is 3.84. The zero-order chi connectivity index (χ0) is 17.0. The number of likely N-dealkylation sites (tertiary alicyclic amines) is 1. The highest BCUT2D eigenvalue weighted by molar-refractivity contribution is 5.18. The van der Waals surface area contributed by atoms with Gasteiger partial charge < -0.3 is 14.9 Å². The fourth-order valence-corrected chi connectivity index (χ4v) is 3.17. The Morgan fingerprint density at radius 1 is 1.12 bits per heavy atom. The van der Waals surface area contributed by atoms with E-state index in [0.717, 1.165) is 5.56 Å².